The van der Waals surface area contributed by atoms with E-state index in [4.69, 9.17) is 4.42 Å². The number of furan rings is 1. The molecular formula is C15H27NO. The van der Waals surface area contributed by atoms with Gasteiger partial charge in [0.05, 0.1) is 6.04 Å². The molecule has 0 aliphatic heterocycles. The van der Waals surface area contributed by atoms with Crippen molar-refractivity contribution in [2.45, 2.75) is 65.3 Å². The molecule has 1 unspecified atom stereocenters. The lowest BCUT2D eigenvalue weighted by Crippen LogP contribution is -2.21. The molecule has 0 radical (unpaired) electrons. The van der Waals surface area contributed by atoms with Gasteiger partial charge in [-0.05, 0) is 31.5 Å². The maximum atomic E-state index is 5.86. The molecule has 0 aliphatic rings. The standard InChI is InChI=1S/C15H27NO/c1-4-7-8-9-14(16-12-5-2)15-11-10-13(6-3)17-15/h10-11,14,16H,4-9,12H2,1-3H3. The van der Waals surface area contributed by atoms with Crippen LogP contribution in [0.4, 0.5) is 0 Å². The van der Waals surface area contributed by atoms with E-state index in [0.717, 1.165) is 24.5 Å². The van der Waals surface area contributed by atoms with E-state index in [9.17, 15) is 0 Å². The van der Waals surface area contributed by atoms with Crippen LogP contribution in [0.15, 0.2) is 16.5 Å². The molecule has 1 rings (SSSR count). The van der Waals surface area contributed by atoms with Crippen molar-refractivity contribution in [2.24, 2.45) is 0 Å². The summed E-state index contributed by atoms with van der Waals surface area (Å²) in [6.07, 6.45) is 7.20. The molecule has 1 aromatic rings. The quantitative estimate of drug-likeness (QED) is 0.641. The summed E-state index contributed by atoms with van der Waals surface area (Å²) >= 11 is 0. The Bertz CT molecular complexity index is 293. The average Bonchev–Trinajstić information content (AvgIpc) is 2.82. The molecule has 1 aromatic heterocycles. The molecule has 0 amide bonds. The van der Waals surface area contributed by atoms with Crippen molar-refractivity contribution in [2.75, 3.05) is 6.54 Å². The second-order valence-corrected chi connectivity index (χ2v) is 4.66. The highest BCUT2D eigenvalue weighted by Crippen LogP contribution is 2.22. The Morgan fingerprint density at radius 3 is 2.53 bits per heavy atom. The van der Waals surface area contributed by atoms with Crippen molar-refractivity contribution >= 4 is 0 Å². The number of rotatable bonds is 9. The van der Waals surface area contributed by atoms with Crippen LogP contribution in [0.5, 0.6) is 0 Å². The molecule has 1 N–H and O–H groups in total. The molecule has 0 fully saturated rings. The molecule has 0 aliphatic carbocycles. The third-order valence-corrected chi connectivity index (χ3v) is 3.11. The van der Waals surface area contributed by atoms with Crippen LogP contribution in [0.1, 0.15) is 70.4 Å². The summed E-state index contributed by atoms with van der Waals surface area (Å²) in [5.74, 6) is 2.21. The summed E-state index contributed by atoms with van der Waals surface area (Å²) in [4.78, 5) is 0. The van der Waals surface area contributed by atoms with Crippen LogP contribution in [0.25, 0.3) is 0 Å². The van der Waals surface area contributed by atoms with Gasteiger partial charge in [-0.2, -0.15) is 0 Å². The van der Waals surface area contributed by atoms with Gasteiger partial charge in [-0.3, -0.25) is 0 Å². The minimum atomic E-state index is 0.404. The number of aryl methyl sites for hydroxylation is 1. The van der Waals surface area contributed by atoms with Gasteiger partial charge >= 0.3 is 0 Å². The Morgan fingerprint density at radius 1 is 1.12 bits per heavy atom. The van der Waals surface area contributed by atoms with Crippen LogP contribution < -0.4 is 5.32 Å². The largest absolute Gasteiger partial charge is 0.464 e. The van der Waals surface area contributed by atoms with Crippen LogP contribution in [-0.2, 0) is 6.42 Å². The molecular weight excluding hydrogens is 210 g/mol. The molecule has 17 heavy (non-hydrogen) atoms. The maximum absolute atomic E-state index is 5.86. The Kier molecular flexibility index (Phi) is 7.02. The number of nitrogens with one attached hydrogen (secondary N) is 1. The van der Waals surface area contributed by atoms with E-state index in [1.165, 1.54) is 32.1 Å². The highest BCUT2D eigenvalue weighted by atomic mass is 16.3. The first kappa shape index (κ1) is 14.3. The zero-order valence-electron chi connectivity index (χ0n) is 11.6. The van der Waals surface area contributed by atoms with Crippen molar-refractivity contribution in [3.63, 3.8) is 0 Å². The minimum Gasteiger partial charge on any atom is -0.464 e. The first-order chi connectivity index (χ1) is 8.31. The van der Waals surface area contributed by atoms with Gasteiger partial charge in [0.2, 0.25) is 0 Å². The first-order valence-corrected chi connectivity index (χ1v) is 7.13. The second kappa shape index (κ2) is 8.35. The second-order valence-electron chi connectivity index (χ2n) is 4.66. The van der Waals surface area contributed by atoms with Crippen LogP contribution in [-0.4, -0.2) is 6.54 Å². The topological polar surface area (TPSA) is 25.2 Å². The summed E-state index contributed by atoms with van der Waals surface area (Å²) in [5.41, 5.74) is 0. The van der Waals surface area contributed by atoms with E-state index < -0.39 is 0 Å². The van der Waals surface area contributed by atoms with E-state index in [0.29, 0.717) is 6.04 Å². The van der Waals surface area contributed by atoms with Crippen molar-refractivity contribution < 1.29 is 4.42 Å². The van der Waals surface area contributed by atoms with Crippen molar-refractivity contribution in [1.82, 2.24) is 5.32 Å². The highest BCUT2D eigenvalue weighted by Gasteiger charge is 2.14. The van der Waals surface area contributed by atoms with Crippen LogP contribution in [0.2, 0.25) is 0 Å². The summed E-state index contributed by atoms with van der Waals surface area (Å²) < 4.78 is 5.86. The number of hydrogen-bond acceptors (Lipinski definition) is 2. The van der Waals surface area contributed by atoms with Crippen LogP contribution in [0, 0.1) is 0 Å². The Morgan fingerprint density at radius 2 is 1.94 bits per heavy atom. The van der Waals surface area contributed by atoms with Gasteiger partial charge in [-0.15, -0.1) is 0 Å². The van der Waals surface area contributed by atoms with Gasteiger partial charge in [0, 0.05) is 6.42 Å². The lowest BCUT2D eigenvalue weighted by Gasteiger charge is -2.16. The van der Waals surface area contributed by atoms with Gasteiger partial charge in [0.1, 0.15) is 11.5 Å². The third kappa shape index (κ3) is 4.95. The summed E-state index contributed by atoms with van der Waals surface area (Å²) in [6.45, 7) is 7.65. The fraction of sp³-hybridized carbons (Fsp3) is 0.733. The SMILES string of the molecule is CCCCCC(NCCC)c1ccc(CC)o1. The molecule has 0 spiro atoms. The highest BCUT2D eigenvalue weighted by molar-refractivity contribution is 5.10. The molecule has 0 saturated heterocycles. The van der Waals surface area contributed by atoms with Crippen LogP contribution >= 0.6 is 0 Å². The van der Waals surface area contributed by atoms with E-state index in [-0.39, 0.29) is 0 Å². The van der Waals surface area contributed by atoms with E-state index in [1.807, 2.05) is 0 Å². The molecule has 0 saturated carbocycles. The summed E-state index contributed by atoms with van der Waals surface area (Å²) in [5, 5.41) is 3.59. The van der Waals surface area contributed by atoms with Crippen LogP contribution in [0.3, 0.4) is 0 Å². The minimum absolute atomic E-state index is 0.404. The van der Waals surface area contributed by atoms with Gasteiger partial charge in [-0.25, -0.2) is 0 Å². The normalized spacial score (nSPS) is 12.9. The Hall–Kier alpha value is -0.760. The molecule has 2 nitrogen and oxygen atoms in total. The smallest absolute Gasteiger partial charge is 0.121 e. The van der Waals surface area contributed by atoms with Gasteiger partial charge in [0.25, 0.3) is 0 Å². The molecule has 98 valence electrons. The fourth-order valence-corrected chi connectivity index (χ4v) is 2.03. The molecule has 2 heteroatoms. The zero-order valence-corrected chi connectivity index (χ0v) is 11.6. The van der Waals surface area contributed by atoms with Crippen molar-refractivity contribution in [3.05, 3.63) is 23.7 Å². The van der Waals surface area contributed by atoms with E-state index >= 15 is 0 Å². The predicted molar refractivity (Wildman–Crippen MR) is 73.3 cm³/mol. The summed E-state index contributed by atoms with van der Waals surface area (Å²) in [6, 6.07) is 4.65. The van der Waals surface area contributed by atoms with E-state index in [2.05, 4.69) is 38.2 Å². The number of unbranched alkanes of at least 4 members (excludes halogenated alkanes) is 2. The Balaban J connectivity index is 2.54. The van der Waals surface area contributed by atoms with Crippen molar-refractivity contribution in [3.8, 4) is 0 Å². The monoisotopic (exact) mass is 237 g/mol. The summed E-state index contributed by atoms with van der Waals surface area (Å²) in [7, 11) is 0. The van der Waals surface area contributed by atoms with Gasteiger partial charge < -0.3 is 9.73 Å². The number of hydrogen-bond donors (Lipinski definition) is 1. The molecule has 0 aromatic carbocycles. The fourth-order valence-electron chi connectivity index (χ4n) is 2.03. The third-order valence-electron chi connectivity index (χ3n) is 3.11. The lowest BCUT2D eigenvalue weighted by atomic mass is 10.1. The molecule has 1 heterocycles. The van der Waals surface area contributed by atoms with E-state index in [1.54, 1.807) is 0 Å². The zero-order chi connectivity index (χ0) is 12.5. The first-order valence-electron chi connectivity index (χ1n) is 7.13. The average molecular weight is 237 g/mol. The lowest BCUT2D eigenvalue weighted by molar-refractivity contribution is 0.372. The maximum Gasteiger partial charge on any atom is 0.121 e. The van der Waals surface area contributed by atoms with Gasteiger partial charge in [0.15, 0.2) is 0 Å². The molecule has 1 atom stereocenters. The van der Waals surface area contributed by atoms with Crippen molar-refractivity contribution in [1.29, 1.82) is 0 Å². The Labute approximate surface area is 106 Å². The predicted octanol–water partition coefficient (Wildman–Crippen LogP) is 4.46. The molecule has 0 bridgehead atoms. The van der Waals surface area contributed by atoms with Gasteiger partial charge in [-0.1, -0.05) is 40.0 Å².